The molecular formula is C65H41N5. The molecule has 0 atom stereocenters. The van der Waals surface area contributed by atoms with Crippen molar-refractivity contribution in [1.82, 2.24) is 24.1 Å². The molecule has 0 fully saturated rings. The number of aromatic nitrogens is 5. The molecule has 0 aliphatic rings. The summed E-state index contributed by atoms with van der Waals surface area (Å²) >= 11 is 0. The van der Waals surface area contributed by atoms with Crippen molar-refractivity contribution in [2.75, 3.05) is 0 Å². The number of fused-ring (bicyclic) bond motifs is 9. The van der Waals surface area contributed by atoms with Gasteiger partial charge in [0.25, 0.3) is 0 Å². The highest BCUT2D eigenvalue weighted by Gasteiger charge is 2.20. The monoisotopic (exact) mass is 891 g/mol. The van der Waals surface area contributed by atoms with Crippen molar-refractivity contribution >= 4 is 65.3 Å². The van der Waals surface area contributed by atoms with Gasteiger partial charge in [-0.25, -0.2) is 15.0 Å². The Bertz CT molecular complexity index is 4250. The fourth-order valence-electron chi connectivity index (χ4n) is 10.7. The lowest BCUT2D eigenvalue weighted by atomic mass is 9.94. The Morgan fingerprint density at radius 3 is 1.36 bits per heavy atom. The number of hydrogen-bond acceptors (Lipinski definition) is 3. The Kier molecular flexibility index (Phi) is 9.14. The number of nitrogens with zero attached hydrogens (tertiary/aromatic N) is 5. The first-order valence-corrected chi connectivity index (χ1v) is 23.8. The molecule has 0 saturated heterocycles. The lowest BCUT2D eigenvalue weighted by Gasteiger charge is -2.15. The fraction of sp³-hybridized carbons (Fsp3) is 0. The van der Waals surface area contributed by atoms with Gasteiger partial charge < -0.3 is 9.13 Å². The van der Waals surface area contributed by atoms with Gasteiger partial charge >= 0.3 is 0 Å². The molecule has 0 N–H and O–H groups in total. The Morgan fingerprint density at radius 2 is 0.729 bits per heavy atom. The van der Waals surface area contributed by atoms with Crippen LogP contribution in [0.3, 0.4) is 0 Å². The zero-order valence-electron chi connectivity index (χ0n) is 37.9. The van der Waals surface area contributed by atoms with Gasteiger partial charge in [0.15, 0.2) is 5.82 Å². The zero-order valence-corrected chi connectivity index (χ0v) is 37.9. The fourth-order valence-corrected chi connectivity index (χ4v) is 10.7. The molecule has 0 bridgehead atoms. The summed E-state index contributed by atoms with van der Waals surface area (Å²) < 4.78 is 4.72. The summed E-state index contributed by atoms with van der Waals surface area (Å²) in [6.45, 7) is 0. The van der Waals surface area contributed by atoms with E-state index < -0.39 is 0 Å². The number of hydrogen-bond donors (Lipinski definition) is 0. The van der Waals surface area contributed by atoms with Gasteiger partial charge in [-0.1, -0.05) is 176 Å². The summed E-state index contributed by atoms with van der Waals surface area (Å²) in [5, 5.41) is 8.33. The molecule has 4 heterocycles. The topological polar surface area (TPSA) is 48.5 Å². The van der Waals surface area contributed by atoms with Crippen LogP contribution in [-0.2, 0) is 0 Å². The molecule has 14 rings (SSSR count). The summed E-state index contributed by atoms with van der Waals surface area (Å²) in [5.41, 5.74) is 16.8. The molecule has 0 radical (unpaired) electrons. The number of rotatable bonds is 7. The van der Waals surface area contributed by atoms with Crippen LogP contribution in [0.25, 0.3) is 133 Å². The molecule has 0 unspecified atom stereocenters. The van der Waals surface area contributed by atoms with E-state index in [4.69, 9.17) is 15.0 Å². The molecule has 14 aromatic rings. The minimum Gasteiger partial charge on any atom is -0.309 e. The van der Waals surface area contributed by atoms with Crippen LogP contribution in [0.15, 0.2) is 249 Å². The molecule has 326 valence electrons. The van der Waals surface area contributed by atoms with Crippen LogP contribution in [0.4, 0.5) is 0 Å². The maximum Gasteiger partial charge on any atom is 0.160 e. The number of para-hydroxylation sites is 5. The van der Waals surface area contributed by atoms with Crippen LogP contribution in [-0.4, -0.2) is 24.1 Å². The Morgan fingerprint density at radius 1 is 0.257 bits per heavy atom. The summed E-state index contributed by atoms with van der Waals surface area (Å²) in [5.74, 6) is 0.675. The van der Waals surface area contributed by atoms with Crippen molar-refractivity contribution in [3.05, 3.63) is 249 Å². The van der Waals surface area contributed by atoms with Gasteiger partial charge in [0.05, 0.1) is 44.7 Å². The Balaban J connectivity index is 0.893. The number of benzene rings is 10. The molecule has 0 aliphatic carbocycles. The minimum absolute atomic E-state index is 0.675. The van der Waals surface area contributed by atoms with E-state index in [0.717, 1.165) is 83.6 Å². The third-order valence-corrected chi connectivity index (χ3v) is 13.9. The van der Waals surface area contributed by atoms with Crippen LogP contribution >= 0.6 is 0 Å². The quantitative estimate of drug-likeness (QED) is 0.150. The smallest absolute Gasteiger partial charge is 0.160 e. The predicted molar refractivity (Wildman–Crippen MR) is 291 cm³/mol. The molecule has 10 aromatic carbocycles. The molecule has 0 saturated carbocycles. The van der Waals surface area contributed by atoms with E-state index in [1.807, 2.05) is 6.07 Å². The average molecular weight is 892 g/mol. The van der Waals surface area contributed by atoms with Crippen molar-refractivity contribution in [3.8, 4) is 67.7 Å². The normalized spacial score (nSPS) is 11.7. The Labute approximate surface area is 403 Å². The molecule has 5 heteroatoms. The van der Waals surface area contributed by atoms with Gasteiger partial charge in [-0.05, 0) is 83.7 Å². The molecule has 5 nitrogen and oxygen atoms in total. The summed E-state index contributed by atoms with van der Waals surface area (Å²) in [6, 6.07) is 88.4. The molecule has 4 aromatic heterocycles. The highest BCUT2D eigenvalue weighted by molar-refractivity contribution is 6.21. The van der Waals surface area contributed by atoms with Gasteiger partial charge in [0, 0.05) is 71.5 Å². The second kappa shape index (κ2) is 16.1. The van der Waals surface area contributed by atoms with E-state index in [1.54, 1.807) is 0 Å². The molecule has 0 amide bonds. The van der Waals surface area contributed by atoms with Gasteiger partial charge in [-0.2, -0.15) is 0 Å². The SMILES string of the molecule is c1ccc(-c2cc(-c3ccc(-c4cccc5c4nc(-c4ccccc4)c4cc6c(cc45)c4ccccc4n6-c4ccccc4)cc3)nc(-c3ccc(-n4c5ccccc5c5ccccc54)cc3)n2)cc1. The van der Waals surface area contributed by atoms with Crippen molar-refractivity contribution in [1.29, 1.82) is 0 Å². The number of pyridine rings is 1. The van der Waals surface area contributed by atoms with E-state index >= 15 is 0 Å². The predicted octanol–water partition coefficient (Wildman–Crippen LogP) is 16.7. The van der Waals surface area contributed by atoms with E-state index in [2.05, 4.69) is 252 Å². The van der Waals surface area contributed by atoms with Gasteiger partial charge in [-0.15, -0.1) is 0 Å². The maximum atomic E-state index is 5.60. The van der Waals surface area contributed by atoms with Gasteiger partial charge in [0.2, 0.25) is 0 Å². The summed E-state index contributed by atoms with van der Waals surface area (Å²) in [7, 11) is 0. The van der Waals surface area contributed by atoms with Crippen molar-refractivity contribution < 1.29 is 0 Å². The third-order valence-electron chi connectivity index (χ3n) is 13.9. The van der Waals surface area contributed by atoms with Gasteiger partial charge in [-0.3, -0.25) is 0 Å². The lowest BCUT2D eigenvalue weighted by molar-refractivity contribution is 1.16. The van der Waals surface area contributed by atoms with Gasteiger partial charge in [0.1, 0.15) is 0 Å². The Hall–Kier alpha value is -9.45. The van der Waals surface area contributed by atoms with Crippen molar-refractivity contribution in [2.24, 2.45) is 0 Å². The molecule has 0 spiro atoms. The second-order valence-corrected chi connectivity index (χ2v) is 18.0. The van der Waals surface area contributed by atoms with Crippen molar-refractivity contribution in [3.63, 3.8) is 0 Å². The standard InChI is InChI=1S/C65H41N5/c1-4-17-43(18-5-1)57-41-58(67-65(66-57)46-35-37-48(38-36-46)69-59-28-13-10-23-50(59)51-24-11-14-29-60(51)69)44-33-31-42(32-34-44)49-26-16-27-53-54-39-55-52-25-12-15-30-61(52)70(47-21-8-3-9-22-47)62(55)40-56(54)63(68-64(49)53)45-19-6-2-7-20-45/h1-41H. The van der Waals surface area contributed by atoms with Crippen LogP contribution in [0.2, 0.25) is 0 Å². The summed E-state index contributed by atoms with van der Waals surface area (Å²) in [6.07, 6.45) is 0. The largest absolute Gasteiger partial charge is 0.309 e. The average Bonchev–Trinajstić information content (AvgIpc) is 3.95. The van der Waals surface area contributed by atoms with Crippen molar-refractivity contribution in [2.45, 2.75) is 0 Å². The molecule has 70 heavy (non-hydrogen) atoms. The first-order chi connectivity index (χ1) is 34.7. The van der Waals surface area contributed by atoms with E-state index in [9.17, 15) is 0 Å². The third kappa shape index (κ3) is 6.44. The highest BCUT2D eigenvalue weighted by Crippen LogP contribution is 2.42. The van der Waals surface area contributed by atoms with Crippen LogP contribution in [0.5, 0.6) is 0 Å². The maximum absolute atomic E-state index is 5.60. The first kappa shape index (κ1) is 39.7. The second-order valence-electron chi connectivity index (χ2n) is 18.0. The van der Waals surface area contributed by atoms with Crippen LogP contribution < -0.4 is 0 Å². The molecule has 0 aliphatic heterocycles. The van der Waals surface area contributed by atoms with E-state index in [0.29, 0.717) is 5.82 Å². The zero-order chi connectivity index (χ0) is 46.1. The van der Waals surface area contributed by atoms with Crippen LogP contribution in [0.1, 0.15) is 0 Å². The first-order valence-electron chi connectivity index (χ1n) is 23.8. The molecular weight excluding hydrogens is 851 g/mol. The van der Waals surface area contributed by atoms with Crippen LogP contribution in [0, 0.1) is 0 Å². The lowest BCUT2D eigenvalue weighted by Crippen LogP contribution is -1.97. The highest BCUT2D eigenvalue weighted by atomic mass is 15.0. The minimum atomic E-state index is 0.675. The summed E-state index contributed by atoms with van der Waals surface area (Å²) in [4.78, 5) is 16.0. The van der Waals surface area contributed by atoms with E-state index in [1.165, 1.54) is 43.5 Å². The van der Waals surface area contributed by atoms with E-state index in [-0.39, 0.29) is 0 Å².